The van der Waals surface area contributed by atoms with Gasteiger partial charge in [-0.1, -0.05) is 60.7 Å². The summed E-state index contributed by atoms with van der Waals surface area (Å²) in [6.07, 6.45) is 1.65. The molecular formula is C30H29N5O4. The number of carbonyl (C=O) groups excluding carboxylic acids is 2. The molecule has 4 aromatic rings. The van der Waals surface area contributed by atoms with Crippen LogP contribution < -0.4 is 20.5 Å². The number of benzene rings is 3. The maximum Gasteiger partial charge on any atom is 0.321 e. The SMILES string of the molecule is CC(=O)c1cccc(NC(=O)N2CCN(c3cnn(-c4ccccc4)c(=O)c3OCc3ccccc3)CC2)c1. The fourth-order valence-electron chi connectivity index (χ4n) is 4.44. The first-order valence-corrected chi connectivity index (χ1v) is 12.8. The van der Waals surface area contributed by atoms with E-state index in [0.29, 0.717) is 48.8 Å². The number of anilines is 2. The first-order chi connectivity index (χ1) is 19.0. The van der Waals surface area contributed by atoms with Gasteiger partial charge >= 0.3 is 11.6 Å². The predicted octanol–water partition coefficient (Wildman–Crippen LogP) is 4.37. The first kappa shape index (κ1) is 25.7. The molecule has 0 atom stereocenters. The number of amides is 2. The van der Waals surface area contributed by atoms with Crippen LogP contribution in [0, 0.1) is 0 Å². The van der Waals surface area contributed by atoms with Crippen molar-refractivity contribution in [2.45, 2.75) is 13.5 Å². The van der Waals surface area contributed by atoms with Gasteiger partial charge in [-0.15, -0.1) is 0 Å². The van der Waals surface area contributed by atoms with Crippen molar-refractivity contribution in [3.05, 3.63) is 113 Å². The van der Waals surface area contributed by atoms with Crippen molar-refractivity contribution >= 4 is 23.2 Å². The van der Waals surface area contributed by atoms with Gasteiger partial charge in [0.15, 0.2) is 5.78 Å². The van der Waals surface area contributed by atoms with Gasteiger partial charge in [-0.2, -0.15) is 9.78 Å². The smallest absolute Gasteiger partial charge is 0.321 e. The molecule has 3 aromatic carbocycles. The second kappa shape index (κ2) is 11.6. The standard InChI is InChI=1S/C30H29N5O4/c1-22(36)24-11-8-12-25(19-24)32-30(38)34-17-15-33(16-18-34)27-20-31-35(26-13-6-3-7-14-26)29(37)28(27)39-21-23-9-4-2-5-10-23/h2-14,19-20H,15-18,21H2,1H3,(H,32,38). The number of Topliss-reactive ketones (excluding diaryl/α,β-unsaturated/α-hetero) is 1. The highest BCUT2D eigenvalue weighted by Crippen LogP contribution is 2.26. The lowest BCUT2D eigenvalue weighted by molar-refractivity contribution is 0.101. The normalized spacial score (nSPS) is 13.2. The monoisotopic (exact) mass is 523 g/mol. The molecule has 1 aromatic heterocycles. The minimum Gasteiger partial charge on any atom is -0.481 e. The Morgan fingerprint density at radius 3 is 2.28 bits per heavy atom. The number of nitrogens with one attached hydrogen (secondary N) is 1. The number of urea groups is 1. The van der Waals surface area contributed by atoms with Crippen molar-refractivity contribution < 1.29 is 14.3 Å². The molecule has 2 amide bonds. The summed E-state index contributed by atoms with van der Waals surface area (Å²) in [5.41, 5.74) is 2.95. The maximum absolute atomic E-state index is 13.6. The van der Waals surface area contributed by atoms with Crippen LogP contribution in [0.3, 0.4) is 0 Å². The van der Waals surface area contributed by atoms with Crippen LogP contribution in [-0.2, 0) is 6.61 Å². The van der Waals surface area contributed by atoms with E-state index in [9.17, 15) is 14.4 Å². The molecule has 0 saturated carbocycles. The van der Waals surface area contributed by atoms with E-state index >= 15 is 0 Å². The Bertz CT molecular complexity index is 1510. The summed E-state index contributed by atoms with van der Waals surface area (Å²) in [6, 6.07) is 25.5. The number of carbonyl (C=O) groups is 2. The van der Waals surface area contributed by atoms with Gasteiger partial charge in [-0.25, -0.2) is 4.79 Å². The Hall–Kier alpha value is -4.92. The summed E-state index contributed by atoms with van der Waals surface area (Å²) in [5, 5.41) is 7.31. The van der Waals surface area contributed by atoms with E-state index in [2.05, 4.69) is 10.4 Å². The van der Waals surface area contributed by atoms with Gasteiger partial charge < -0.3 is 19.9 Å². The number of rotatable bonds is 7. The van der Waals surface area contributed by atoms with Crippen molar-refractivity contribution in [2.75, 3.05) is 36.4 Å². The second-order valence-corrected chi connectivity index (χ2v) is 9.23. The molecule has 0 bridgehead atoms. The molecule has 9 heteroatoms. The molecule has 0 unspecified atom stereocenters. The molecule has 0 radical (unpaired) electrons. The molecule has 9 nitrogen and oxygen atoms in total. The molecule has 198 valence electrons. The van der Waals surface area contributed by atoms with Crippen LogP contribution in [0.5, 0.6) is 5.75 Å². The fourth-order valence-corrected chi connectivity index (χ4v) is 4.44. The highest BCUT2D eigenvalue weighted by Gasteiger charge is 2.26. The molecule has 39 heavy (non-hydrogen) atoms. The third-order valence-electron chi connectivity index (χ3n) is 6.57. The van der Waals surface area contributed by atoms with Crippen LogP contribution in [0.2, 0.25) is 0 Å². The average molecular weight is 524 g/mol. The van der Waals surface area contributed by atoms with E-state index in [4.69, 9.17) is 4.74 Å². The maximum atomic E-state index is 13.6. The van der Waals surface area contributed by atoms with Gasteiger partial charge in [0.25, 0.3) is 0 Å². The van der Waals surface area contributed by atoms with Crippen LogP contribution in [0.15, 0.2) is 95.9 Å². The van der Waals surface area contributed by atoms with Crippen molar-refractivity contribution in [1.82, 2.24) is 14.7 Å². The van der Waals surface area contributed by atoms with Gasteiger partial charge in [0, 0.05) is 37.4 Å². The Morgan fingerprint density at radius 1 is 0.897 bits per heavy atom. The molecule has 0 spiro atoms. The van der Waals surface area contributed by atoms with E-state index in [-0.39, 0.29) is 29.7 Å². The van der Waals surface area contributed by atoms with Crippen LogP contribution in [-0.4, -0.2) is 52.7 Å². The largest absolute Gasteiger partial charge is 0.481 e. The van der Waals surface area contributed by atoms with Gasteiger partial charge in [-0.3, -0.25) is 9.59 Å². The summed E-state index contributed by atoms with van der Waals surface area (Å²) in [6.45, 7) is 3.61. The van der Waals surface area contributed by atoms with E-state index < -0.39 is 0 Å². The topological polar surface area (TPSA) is 96.8 Å². The lowest BCUT2D eigenvalue weighted by Gasteiger charge is -2.36. The van der Waals surface area contributed by atoms with Crippen molar-refractivity contribution in [1.29, 1.82) is 0 Å². The molecule has 1 aliphatic rings. The quantitative estimate of drug-likeness (QED) is 0.362. The Kier molecular flexibility index (Phi) is 7.68. The zero-order valence-corrected chi connectivity index (χ0v) is 21.6. The zero-order valence-electron chi connectivity index (χ0n) is 21.6. The minimum absolute atomic E-state index is 0.0622. The number of aromatic nitrogens is 2. The molecule has 2 heterocycles. The van der Waals surface area contributed by atoms with Gasteiger partial charge in [0.1, 0.15) is 12.3 Å². The Morgan fingerprint density at radius 2 is 1.59 bits per heavy atom. The summed E-state index contributed by atoms with van der Waals surface area (Å²) < 4.78 is 7.45. The van der Waals surface area contributed by atoms with E-state index in [1.54, 1.807) is 35.4 Å². The number of hydrogen-bond donors (Lipinski definition) is 1. The zero-order chi connectivity index (χ0) is 27.2. The van der Waals surface area contributed by atoms with E-state index in [1.807, 2.05) is 65.6 Å². The summed E-state index contributed by atoms with van der Waals surface area (Å²) in [4.78, 5) is 41.8. The molecule has 1 fully saturated rings. The summed E-state index contributed by atoms with van der Waals surface area (Å²) in [5.74, 6) is 0.157. The molecule has 5 rings (SSSR count). The molecular weight excluding hydrogens is 494 g/mol. The lowest BCUT2D eigenvalue weighted by Crippen LogP contribution is -2.50. The van der Waals surface area contributed by atoms with E-state index in [0.717, 1.165) is 5.56 Å². The number of hydrogen-bond acceptors (Lipinski definition) is 6. The lowest BCUT2D eigenvalue weighted by atomic mass is 10.1. The van der Waals surface area contributed by atoms with Crippen molar-refractivity contribution in [3.8, 4) is 11.4 Å². The highest BCUT2D eigenvalue weighted by atomic mass is 16.5. The number of para-hydroxylation sites is 1. The molecule has 0 aliphatic carbocycles. The second-order valence-electron chi connectivity index (χ2n) is 9.23. The molecule has 1 saturated heterocycles. The van der Waals surface area contributed by atoms with Crippen LogP contribution >= 0.6 is 0 Å². The summed E-state index contributed by atoms with van der Waals surface area (Å²) >= 11 is 0. The van der Waals surface area contributed by atoms with Crippen LogP contribution in [0.4, 0.5) is 16.2 Å². The number of nitrogens with zero attached hydrogens (tertiary/aromatic N) is 4. The highest BCUT2D eigenvalue weighted by molar-refractivity contribution is 5.96. The third kappa shape index (κ3) is 5.98. The van der Waals surface area contributed by atoms with Crippen LogP contribution in [0.1, 0.15) is 22.8 Å². The summed E-state index contributed by atoms with van der Waals surface area (Å²) in [7, 11) is 0. The van der Waals surface area contributed by atoms with Gasteiger partial charge in [0.2, 0.25) is 5.75 Å². The van der Waals surface area contributed by atoms with Gasteiger partial charge in [-0.05, 0) is 36.8 Å². The minimum atomic E-state index is -0.347. The number of ketones is 1. The average Bonchev–Trinajstić information content (AvgIpc) is 2.97. The van der Waals surface area contributed by atoms with Crippen molar-refractivity contribution in [3.63, 3.8) is 0 Å². The Balaban J connectivity index is 1.33. The molecule has 1 N–H and O–H groups in total. The fraction of sp³-hybridized carbons (Fsp3) is 0.200. The van der Waals surface area contributed by atoms with E-state index in [1.165, 1.54) is 11.6 Å². The first-order valence-electron chi connectivity index (χ1n) is 12.8. The van der Waals surface area contributed by atoms with Gasteiger partial charge in [0.05, 0.1) is 11.9 Å². The third-order valence-corrected chi connectivity index (χ3v) is 6.57. The van der Waals surface area contributed by atoms with Crippen LogP contribution in [0.25, 0.3) is 5.69 Å². The van der Waals surface area contributed by atoms with Crippen molar-refractivity contribution in [2.24, 2.45) is 0 Å². The Labute approximate surface area is 226 Å². The molecule has 1 aliphatic heterocycles. The number of ether oxygens (including phenoxy) is 1. The predicted molar refractivity (Wildman–Crippen MR) is 150 cm³/mol. The number of piperazine rings is 1.